The van der Waals surface area contributed by atoms with Crippen LogP contribution in [0.3, 0.4) is 0 Å². The number of carbonyl (C=O) groups is 1. The van der Waals surface area contributed by atoms with Crippen molar-refractivity contribution < 1.29 is 9.90 Å². The second-order valence-corrected chi connectivity index (χ2v) is 3.99. The molecule has 0 unspecified atom stereocenters. The molecule has 0 aliphatic carbocycles. The number of rotatable bonds is 6. The van der Waals surface area contributed by atoms with Crippen molar-refractivity contribution in [3.8, 4) is 0 Å². The van der Waals surface area contributed by atoms with E-state index in [4.69, 9.17) is 5.11 Å². The molecule has 0 atom stereocenters. The maximum atomic E-state index is 10.4. The fourth-order valence-electron chi connectivity index (χ4n) is 1.74. The summed E-state index contributed by atoms with van der Waals surface area (Å²) in [5.41, 5.74) is 0.230. The fraction of sp³-hybridized carbons (Fsp3) is 0.727. The second-order valence-electron chi connectivity index (χ2n) is 3.99. The van der Waals surface area contributed by atoms with Gasteiger partial charge in [0, 0.05) is 25.2 Å². The Morgan fingerprint density at radius 3 is 2.60 bits per heavy atom. The quantitative estimate of drug-likeness (QED) is 0.503. The van der Waals surface area contributed by atoms with Crippen molar-refractivity contribution in [2.24, 2.45) is 0 Å². The molecule has 0 radical (unpaired) electrons. The maximum absolute atomic E-state index is 10.4. The van der Waals surface area contributed by atoms with Gasteiger partial charge >= 0.3 is 5.97 Å². The molecule has 0 saturated carbocycles. The van der Waals surface area contributed by atoms with Gasteiger partial charge in [0.05, 0.1) is 0 Å². The molecule has 0 bridgehead atoms. The highest BCUT2D eigenvalue weighted by molar-refractivity contribution is 5.86. The summed E-state index contributed by atoms with van der Waals surface area (Å²) >= 11 is 0. The molecule has 2 N–H and O–H groups in total. The van der Waals surface area contributed by atoms with E-state index >= 15 is 0 Å². The highest BCUT2D eigenvalue weighted by Crippen LogP contribution is 2.07. The number of hydrogen-bond acceptors (Lipinski definition) is 3. The molecule has 0 spiro atoms. The van der Waals surface area contributed by atoms with E-state index in [0.717, 1.165) is 13.1 Å². The smallest absolute Gasteiger partial charge is 0.332 e. The van der Waals surface area contributed by atoms with E-state index < -0.39 is 5.97 Å². The van der Waals surface area contributed by atoms with E-state index in [1.54, 1.807) is 0 Å². The van der Waals surface area contributed by atoms with Crippen molar-refractivity contribution in [1.82, 2.24) is 10.2 Å². The van der Waals surface area contributed by atoms with Crippen LogP contribution in [0.4, 0.5) is 0 Å². The second kappa shape index (κ2) is 6.58. The Morgan fingerprint density at radius 1 is 1.33 bits per heavy atom. The molecule has 1 fully saturated rings. The Morgan fingerprint density at radius 2 is 2.00 bits per heavy atom. The highest BCUT2D eigenvalue weighted by atomic mass is 16.4. The molecule has 15 heavy (non-hydrogen) atoms. The number of likely N-dealkylation sites (tertiary alicyclic amines) is 1. The Bertz CT molecular complexity index is 223. The predicted octanol–water partition coefficient (Wildman–Crippen LogP) is 0.703. The first-order valence-electron chi connectivity index (χ1n) is 5.54. The lowest BCUT2D eigenvalue weighted by Gasteiger charge is -2.26. The molecule has 0 amide bonds. The Kier molecular flexibility index (Phi) is 5.36. The van der Waals surface area contributed by atoms with Crippen molar-refractivity contribution in [3.63, 3.8) is 0 Å². The van der Waals surface area contributed by atoms with Crippen molar-refractivity contribution >= 4 is 5.97 Å². The number of hydrogen-bond donors (Lipinski definition) is 2. The van der Waals surface area contributed by atoms with Gasteiger partial charge in [0.15, 0.2) is 0 Å². The van der Waals surface area contributed by atoms with E-state index in [-0.39, 0.29) is 5.57 Å². The molecule has 1 rings (SSSR count). The first kappa shape index (κ1) is 12.2. The van der Waals surface area contributed by atoms with Crippen LogP contribution in [0.25, 0.3) is 0 Å². The first-order chi connectivity index (χ1) is 7.20. The molecule has 1 aliphatic rings. The minimum absolute atomic E-state index is 0.230. The van der Waals surface area contributed by atoms with Gasteiger partial charge in [-0.3, -0.25) is 0 Å². The maximum Gasteiger partial charge on any atom is 0.332 e. The molecule has 1 saturated heterocycles. The van der Waals surface area contributed by atoms with Gasteiger partial charge in [0.2, 0.25) is 0 Å². The third kappa shape index (κ3) is 4.95. The summed E-state index contributed by atoms with van der Waals surface area (Å²) in [4.78, 5) is 12.9. The van der Waals surface area contributed by atoms with Gasteiger partial charge in [-0.25, -0.2) is 4.79 Å². The van der Waals surface area contributed by atoms with Crippen LogP contribution in [0.15, 0.2) is 12.2 Å². The fourth-order valence-corrected chi connectivity index (χ4v) is 1.74. The van der Waals surface area contributed by atoms with Crippen LogP contribution >= 0.6 is 0 Å². The standard InChI is InChI=1S/C11H20N2O2/c1-10(11(14)15)9-12-5-8-13-6-3-2-4-7-13/h12H,1-9H2,(H,14,15). The number of aliphatic carboxylic acids is 1. The lowest BCUT2D eigenvalue weighted by molar-refractivity contribution is -0.132. The van der Waals surface area contributed by atoms with Crippen LogP contribution in [-0.4, -0.2) is 48.7 Å². The minimum Gasteiger partial charge on any atom is -0.478 e. The molecule has 0 aromatic heterocycles. The monoisotopic (exact) mass is 212 g/mol. The molecule has 0 aromatic carbocycles. The zero-order valence-electron chi connectivity index (χ0n) is 9.17. The van der Waals surface area contributed by atoms with Crippen LogP contribution in [0.5, 0.6) is 0 Å². The summed E-state index contributed by atoms with van der Waals surface area (Å²) in [6, 6.07) is 0. The van der Waals surface area contributed by atoms with Gasteiger partial charge in [-0.05, 0) is 25.9 Å². The minimum atomic E-state index is -0.916. The average Bonchev–Trinajstić information content (AvgIpc) is 2.25. The van der Waals surface area contributed by atoms with Gasteiger partial charge in [0.1, 0.15) is 0 Å². The molecular weight excluding hydrogens is 192 g/mol. The van der Waals surface area contributed by atoms with E-state index in [0.29, 0.717) is 6.54 Å². The summed E-state index contributed by atoms with van der Waals surface area (Å²) in [5, 5.41) is 11.7. The van der Waals surface area contributed by atoms with Gasteiger partial charge in [0.25, 0.3) is 0 Å². The highest BCUT2D eigenvalue weighted by Gasteiger charge is 2.09. The summed E-state index contributed by atoms with van der Waals surface area (Å²) in [7, 11) is 0. The lowest BCUT2D eigenvalue weighted by Crippen LogP contribution is -2.36. The zero-order valence-corrected chi connectivity index (χ0v) is 9.17. The molecule has 4 nitrogen and oxygen atoms in total. The van der Waals surface area contributed by atoms with Gasteiger partial charge in [-0.15, -0.1) is 0 Å². The van der Waals surface area contributed by atoms with Crippen LogP contribution in [0.1, 0.15) is 19.3 Å². The van der Waals surface area contributed by atoms with Crippen LogP contribution in [-0.2, 0) is 4.79 Å². The third-order valence-electron chi connectivity index (χ3n) is 2.69. The number of carboxylic acid groups (broad SMARTS) is 1. The summed E-state index contributed by atoms with van der Waals surface area (Å²) < 4.78 is 0. The van der Waals surface area contributed by atoms with Gasteiger partial charge in [-0.1, -0.05) is 13.0 Å². The number of nitrogens with one attached hydrogen (secondary N) is 1. The summed E-state index contributed by atoms with van der Waals surface area (Å²) in [6.45, 7) is 8.05. The van der Waals surface area contributed by atoms with Crippen LogP contribution < -0.4 is 5.32 Å². The van der Waals surface area contributed by atoms with Gasteiger partial charge < -0.3 is 15.3 Å². The first-order valence-corrected chi connectivity index (χ1v) is 5.54. The summed E-state index contributed by atoms with van der Waals surface area (Å²) in [5.74, 6) is -0.916. The number of piperidine rings is 1. The van der Waals surface area contributed by atoms with Crippen molar-refractivity contribution in [2.75, 3.05) is 32.7 Å². The SMILES string of the molecule is C=C(CNCCN1CCCCC1)C(=O)O. The van der Waals surface area contributed by atoms with E-state index in [1.807, 2.05) is 0 Å². The molecule has 4 heteroatoms. The molecule has 86 valence electrons. The van der Waals surface area contributed by atoms with Crippen molar-refractivity contribution in [1.29, 1.82) is 0 Å². The van der Waals surface area contributed by atoms with Crippen molar-refractivity contribution in [3.05, 3.63) is 12.2 Å². The Balaban J connectivity index is 2.01. The molecule has 0 aromatic rings. The molecule has 1 heterocycles. The van der Waals surface area contributed by atoms with Crippen LogP contribution in [0, 0.1) is 0 Å². The molecule has 1 aliphatic heterocycles. The average molecular weight is 212 g/mol. The number of carboxylic acids is 1. The Hall–Kier alpha value is -0.870. The van der Waals surface area contributed by atoms with E-state index in [2.05, 4.69) is 16.8 Å². The van der Waals surface area contributed by atoms with E-state index in [9.17, 15) is 4.79 Å². The summed E-state index contributed by atoms with van der Waals surface area (Å²) in [6.07, 6.45) is 3.93. The molecular formula is C11H20N2O2. The normalized spacial score (nSPS) is 17.6. The largest absolute Gasteiger partial charge is 0.478 e. The number of nitrogens with zero attached hydrogens (tertiary/aromatic N) is 1. The predicted molar refractivity (Wildman–Crippen MR) is 59.9 cm³/mol. The Labute approximate surface area is 91.0 Å². The third-order valence-corrected chi connectivity index (χ3v) is 2.69. The zero-order chi connectivity index (χ0) is 11.1. The topological polar surface area (TPSA) is 52.6 Å². The van der Waals surface area contributed by atoms with Crippen molar-refractivity contribution in [2.45, 2.75) is 19.3 Å². The lowest BCUT2D eigenvalue weighted by atomic mass is 10.1. The van der Waals surface area contributed by atoms with Crippen LogP contribution in [0.2, 0.25) is 0 Å². The van der Waals surface area contributed by atoms with Gasteiger partial charge in [-0.2, -0.15) is 0 Å². The van der Waals surface area contributed by atoms with E-state index in [1.165, 1.54) is 32.4 Å².